The quantitative estimate of drug-likeness (QED) is 0.846. The second-order valence-electron chi connectivity index (χ2n) is 6.86. The summed E-state index contributed by atoms with van der Waals surface area (Å²) in [5.74, 6) is 0.0766. The smallest absolute Gasteiger partial charge is 0.230 e. The lowest BCUT2D eigenvalue weighted by Crippen LogP contribution is -2.50. The lowest BCUT2D eigenvalue weighted by atomic mass is 9.78. The van der Waals surface area contributed by atoms with E-state index in [2.05, 4.69) is 10.6 Å². The highest BCUT2D eigenvalue weighted by molar-refractivity contribution is 5.87. The lowest BCUT2D eigenvalue weighted by Gasteiger charge is -2.38. The first-order valence-corrected chi connectivity index (χ1v) is 8.04. The third-order valence-corrected chi connectivity index (χ3v) is 4.80. The summed E-state index contributed by atoms with van der Waals surface area (Å²) in [6.45, 7) is 7.30. The summed E-state index contributed by atoms with van der Waals surface area (Å²) in [5, 5.41) is 6.54. The van der Waals surface area contributed by atoms with Crippen molar-refractivity contribution >= 4 is 5.91 Å². The molecule has 1 heterocycles. The maximum atomic E-state index is 12.7. The van der Waals surface area contributed by atoms with Crippen molar-refractivity contribution in [3.63, 3.8) is 0 Å². The van der Waals surface area contributed by atoms with Crippen LogP contribution in [0.15, 0.2) is 30.3 Å². The normalized spacial score (nSPS) is 18.0. The van der Waals surface area contributed by atoms with Crippen LogP contribution in [0.5, 0.6) is 0 Å². The standard InChI is InChI=1S/C18H28N2O2/c1-17(2,15-7-5-4-6-8-15)16(21)20-13-18(14-22-3)9-11-19-12-10-18/h4-8,19H,9-14H2,1-3H3,(H,20,21). The third-order valence-electron chi connectivity index (χ3n) is 4.80. The fourth-order valence-corrected chi connectivity index (χ4v) is 3.11. The predicted octanol–water partition coefficient (Wildman–Crippen LogP) is 2.10. The van der Waals surface area contributed by atoms with Crippen molar-refractivity contribution in [2.75, 3.05) is 33.4 Å². The second-order valence-corrected chi connectivity index (χ2v) is 6.86. The molecule has 0 atom stereocenters. The monoisotopic (exact) mass is 304 g/mol. The van der Waals surface area contributed by atoms with Gasteiger partial charge in [-0.15, -0.1) is 0 Å². The highest BCUT2D eigenvalue weighted by Gasteiger charge is 2.35. The third kappa shape index (κ3) is 3.87. The summed E-state index contributed by atoms with van der Waals surface area (Å²) in [7, 11) is 1.74. The zero-order chi connectivity index (χ0) is 16.1. The molecule has 22 heavy (non-hydrogen) atoms. The molecule has 1 saturated heterocycles. The van der Waals surface area contributed by atoms with Gasteiger partial charge in [0.25, 0.3) is 0 Å². The van der Waals surface area contributed by atoms with Gasteiger partial charge in [0.05, 0.1) is 12.0 Å². The Bertz CT molecular complexity index is 474. The first-order chi connectivity index (χ1) is 10.5. The van der Waals surface area contributed by atoms with Crippen molar-refractivity contribution in [3.8, 4) is 0 Å². The number of carbonyl (C=O) groups excluding carboxylic acids is 1. The Hall–Kier alpha value is -1.39. The molecule has 1 aliphatic rings. The van der Waals surface area contributed by atoms with E-state index in [1.54, 1.807) is 7.11 Å². The Kier molecular flexibility index (Phi) is 5.59. The van der Waals surface area contributed by atoms with Gasteiger partial charge in [0.15, 0.2) is 0 Å². The van der Waals surface area contributed by atoms with Crippen LogP contribution >= 0.6 is 0 Å². The molecule has 0 unspecified atom stereocenters. The molecule has 2 rings (SSSR count). The number of ether oxygens (including phenoxy) is 1. The summed E-state index contributed by atoms with van der Waals surface area (Å²) in [5.41, 5.74) is 0.573. The fraction of sp³-hybridized carbons (Fsp3) is 0.611. The van der Waals surface area contributed by atoms with E-state index in [1.165, 1.54) is 0 Å². The average molecular weight is 304 g/mol. The molecule has 4 nitrogen and oxygen atoms in total. The molecule has 1 aromatic carbocycles. The number of rotatable bonds is 6. The molecule has 0 saturated carbocycles. The van der Waals surface area contributed by atoms with Gasteiger partial charge < -0.3 is 15.4 Å². The number of amides is 1. The van der Waals surface area contributed by atoms with Gasteiger partial charge in [0.1, 0.15) is 0 Å². The lowest BCUT2D eigenvalue weighted by molar-refractivity contribution is -0.126. The summed E-state index contributed by atoms with van der Waals surface area (Å²) in [4.78, 5) is 12.7. The molecule has 0 spiro atoms. The molecule has 0 aliphatic carbocycles. The van der Waals surface area contributed by atoms with Gasteiger partial charge in [-0.05, 0) is 45.3 Å². The number of methoxy groups -OCH3 is 1. The number of benzene rings is 1. The molecule has 2 N–H and O–H groups in total. The van der Waals surface area contributed by atoms with E-state index in [-0.39, 0.29) is 11.3 Å². The van der Waals surface area contributed by atoms with Crippen LogP contribution in [0.2, 0.25) is 0 Å². The van der Waals surface area contributed by atoms with E-state index in [1.807, 2.05) is 44.2 Å². The van der Waals surface area contributed by atoms with Crippen molar-refractivity contribution in [1.82, 2.24) is 10.6 Å². The van der Waals surface area contributed by atoms with Crippen molar-refractivity contribution in [1.29, 1.82) is 0 Å². The minimum Gasteiger partial charge on any atom is -0.384 e. The molecule has 4 heteroatoms. The molecule has 1 aliphatic heterocycles. The van der Waals surface area contributed by atoms with Crippen molar-refractivity contribution in [2.24, 2.45) is 5.41 Å². The van der Waals surface area contributed by atoms with Crippen LogP contribution in [-0.2, 0) is 14.9 Å². The molecule has 0 aromatic heterocycles. The number of piperidine rings is 1. The molecule has 0 bridgehead atoms. The molecular weight excluding hydrogens is 276 g/mol. The van der Waals surface area contributed by atoms with Crippen LogP contribution in [-0.4, -0.2) is 39.3 Å². The van der Waals surface area contributed by atoms with Crippen LogP contribution < -0.4 is 10.6 Å². The van der Waals surface area contributed by atoms with Crippen molar-refractivity contribution in [2.45, 2.75) is 32.1 Å². The first kappa shape index (κ1) is 17.0. The van der Waals surface area contributed by atoms with Crippen LogP contribution in [0.1, 0.15) is 32.3 Å². The predicted molar refractivity (Wildman–Crippen MR) is 88.9 cm³/mol. The van der Waals surface area contributed by atoms with Gasteiger partial charge in [-0.1, -0.05) is 30.3 Å². The van der Waals surface area contributed by atoms with Crippen molar-refractivity contribution in [3.05, 3.63) is 35.9 Å². The second kappa shape index (κ2) is 7.25. The average Bonchev–Trinajstić information content (AvgIpc) is 2.54. The molecule has 0 radical (unpaired) electrons. The topological polar surface area (TPSA) is 50.4 Å². The van der Waals surface area contributed by atoms with E-state index in [0.717, 1.165) is 31.5 Å². The summed E-state index contributed by atoms with van der Waals surface area (Å²) >= 11 is 0. The van der Waals surface area contributed by atoms with Crippen molar-refractivity contribution < 1.29 is 9.53 Å². The van der Waals surface area contributed by atoms with Gasteiger partial charge in [-0.2, -0.15) is 0 Å². The summed E-state index contributed by atoms with van der Waals surface area (Å²) in [6, 6.07) is 9.94. The molecular formula is C18H28N2O2. The minimum absolute atomic E-state index is 0.0580. The number of carbonyl (C=O) groups is 1. The summed E-state index contributed by atoms with van der Waals surface area (Å²) in [6.07, 6.45) is 2.07. The van der Waals surface area contributed by atoms with Gasteiger partial charge in [-0.3, -0.25) is 4.79 Å². The molecule has 1 amide bonds. The minimum atomic E-state index is -0.525. The maximum absolute atomic E-state index is 12.7. The highest BCUT2D eigenvalue weighted by Crippen LogP contribution is 2.29. The maximum Gasteiger partial charge on any atom is 0.230 e. The Morgan fingerprint density at radius 2 is 1.91 bits per heavy atom. The highest BCUT2D eigenvalue weighted by atomic mass is 16.5. The SMILES string of the molecule is COCC1(CNC(=O)C(C)(C)c2ccccc2)CCNCC1. The molecule has 122 valence electrons. The summed E-state index contributed by atoms with van der Waals surface area (Å²) < 4.78 is 5.41. The Morgan fingerprint density at radius 1 is 1.27 bits per heavy atom. The van der Waals surface area contributed by atoms with Crippen LogP contribution in [0.25, 0.3) is 0 Å². The van der Waals surface area contributed by atoms with E-state index in [4.69, 9.17) is 4.74 Å². The van der Waals surface area contributed by atoms with Gasteiger partial charge in [0.2, 0.25) is 5.91 Å². The first-order valence-electron chi connectivity index (χ1n) is 8.04. The number of nitrogens with one attached hydrogen (secondary N) is 2. The van der Waals surface area contributed by atoms with Crippen LogP contribution in [0.4, 0.5) is 0 Å². The molecule has 1 fully saturated rings. The number of hydrogen-bond donors (Lipinski definition) is 2. The molecule has 1 aromatic rings. The van der Waals surface area contributed by atoms with E-state index in [0.29, 0.717) is 13.2 Å². The Morgan fingerprint density at radius 3 is 2.50 bits per heavy atom. The Labute approximate surface area is 133 Å². The van der Waals surface area contributed by atoms with Gasteiger partial charge >= 0.3 is 0 Å². The van der Waals surface area contributed by atoms with E-state index in [9.17, 15) is 4.79 Å². The zero-order valence-corrected chi connectivity index (χ0v) is 13.9. The van der Waals surface area contributed by atoms with Gasteiger partial charge in [0, 0.05) is 19.1 Å². The van der Waals surface area contributed by atoms with Gasteiger partial charge in [-0.25, -0.2) is 0 Å². The Balaban J connectivity index is 2.01. The zero-order valence-electron chi connectivity index (χ0n) is 13.9. The van der Waals surface area contributed by atoms with Crippen LogP contribution in [0, 0.1) is 5.41 Å². The largest absolute Gasteiger partial charge is 0.384 e. The fourth-order valence-electron chi connectivity index (χ4n) is 3.11. The van der Waals surface area contributed by atoms with E-state index >= 15 is 0 Å². The van der Waals surface area contributed by atoms with E-state index < -0.39 is 5.41 Å². The van der Waals surface area contributed by atoms with Crippen LogP contribution in [0.3, 0.4) is 0 Å². The number of hydrogen-bond acceptors (Lipinski definition) is 3.